The van der Waals surface area contributed by atoms with E-state index in [-0.39, 0.29) is 18.3 Å². The molecule has 1 aliphatic rings. The molecule has 6 nitrogen and oxygen atoms in total. The normalized spacial score (nSPS) is 20.1. The SMILES string of the molecule is CC1CCC(C(=O)OCC(=O)c2ccc(Br)cc2)N(C(=O)OC(C)(C)C)C1. The predicted octanol–water partition coefficient (Wildman–Crippen LogP) is 4.21. The Morgan fingerprint density at radius 1 is 1.15 bits per heavy atom. The van der Waals surface area contributed by atoms with Gasteiger partial charge in [-0.15, -0.1) is 0 Å². The summed E-state index contributed by atoms with van der Waals surface area (Å²) in [6, 6.07) is 6.10. The summed E-state index contributed by atoms with van der Waals surface area (Å²) in [7, 11) is 0. The molecular formula is C20H26BrNO5. The van der Waals surface area contributed by atoms with Crippen molar-refractivity contribution in [1.82, 2.24) is 4.90 Å². The topological polar surface area (TPSA) is 72.9 Å². The number of ketones is 1. The zero-order valence-electron chi connectivity index (χ0n) is 16.2. The minimum Gasteiger partial charge on any atom is -0.456 e. The first-order valence-corrected chi connectivity index (χ1v) is 9.81. The van der Waals surface area contributed by atoms with E-state index in [0.29, 0.717) is 18.5 Å². The van der Waals surface area contributed by atoms with Crippen molar-refractivity contribution in [3.8, 4) is 0 Å². The van der Waals surface area contributed by atoms with Crippen LogP contribution < -0.4 is 0 Å². The smallest absolute Gasteiger partial charge is 0.411 e. The lowest BCUT2D eigenvalue weighted by molar-refractivity contribution is -0.150. The van der Waals surface area contributed by atoms with Crippen molar-refractivity contribution in [2.45, 2.75) is 52.2 Å². The van der Waals surface area contributed by atoms with E-state index in [1.54, 1.807) is 45.0 Å². The lowest BCUT2D eigenvalue weighted by Crippen LogP contribution is -2.52. The van der Waals surface area contributed by atoms with Crippen LogP contribution >= 0.6 is 15.9 Å². The van der Waals surface area contributed by atoms with E-state index in [9.17, 15) is 14.4 Å². The summed E-state index contributed by atoms with van der Waals surface area (Å²) in [5, 5.41) is 0. The molecule has 2 atom stereocenters. The van der Waals surface area contributed by atoms with Crippen molar-refractivity contribution in [3.05, 3.63) is 34.3 Å². The molecule has 0 aromatic heterocycles. The largest absolute Gasteiger partial charge is 0.456 e. The van der Waals surface area contributed by atoms with Crippen LogP contribution in [-0.2, 0) is 14.3 Å². The van der Waals surface area contributed by atoms with Gasteiger partial charge in [0.1, 0.15) is 11.6 Å². The molecule has 1 aliphatic heterocycles. The molecule has 27 heavy (non-hydrogen) atoms. The summed E-state index contributed by atoms with van der Waals surface area (Å²) in [6.45, 7) is 7.44. The van der Waals surface area contributed by atoms with Gasteiger partial charge in [0, 0.05) is 16.6 Å². The average molecular weight is 440 g/mol. The van der Waals surface area contributed by atoms with Crippen LogP contribution in [0.1, 0.15) is 50.9 Å². The van der Waals surface area contributed by atoms with Gasteiger partial charge in [-0.3, -0.25) is 9.69 Å². The Balaban J connectivity index is 2.00. The number of hydrogen-bond acceptors (Lipinski definition) is 5. The molecule has 2 rings (SSSR count). The number of rotatable bonds is 4. The second kappa shape index (κ2) is 8.87. The molecule has 1 saturated heterocycles. The number of benzene rings is 1. The number of carbonyl (C=O) groups excluding carboxylic acids is 3. The van der Waals surface area contributed by atoms with Gasteiger partial charge in [-0.05, 0) is 51.7 Å². The highest BCUT2D eigenvalue weighted by atomic mass is 79.9. The maximum Gasteiger partial charge on any atom is 0.411 e. The highest BCUT2D eigenvalue weighted by Gasteiger charge is 2.38. The number of likely N-dealkylation sites (tertiary alicyclic amines) is 1. The van der Waals surface area contributed by atoms with Crippen LogP contribution in [0.15, 0.2) is 28.7 Å². The molecule has 0 N–H and O–H groups in total. The average Bonchev–Trinajstić information content (AvgIpc) is 2.58. The molecule has 2 unspecified atom stereocenters. The van der Waals surface area contributed by atoms with Crippen molar-refractivity contribution in [2.24, 2.45) is 5.92 Å². The summed E-state index contributed by atoms with van der Waals surface area (Å²) in [5.74, 6) is -0.590. The molecule has 0 saturated carbocycles. The van der Waals surface area contributed by atoms with Crippen LogP contribution in [0.3, 0.4) is 0 Å². The fraction of sp³-hybridized carbons (Fsp3) is 0.550. The summed E-state index contributed by atoms with van der Waals surface area (Å²) >= 11 is 3.31. The molecule has 1 amide bonds. The van der Waals surface area contributed by atoms with Crippen molar-refractivity contribution in [3.63, 3.8) is 0 Å². The number of amides is 1. The fourth-order valence-corrected chi connectivity index (χ4v) is 3.14. The van der Waals surface area contributed by atoms with Crippen molar-refractivity contribution in [1.29, 1.82) is 0 Å². The number of Topliss-reactive ketones (excluding diaryl/α,β-unsaturated/α-hetero) is 1. The Bertz CT molecular complexity index is 695. The van der Waals surface area contributed by atoms with Crippen LogP contribution in [0.4, 0.5) is 4.79 Å². The van der Waals surface area contributed by atoms with E-state index in [1.807, 2.05) is 6.92 Å². The monoisotopic (exact) mass is 439 g/mol. The molecule has 0 spiro atoms. The Morgan fingerprint density at radius 2 is 1.78 bits per heavy atom. The number of ether oxygens (including phenoxy) is 2. The van der Waals surface area contributed by atoms with Gasteiger partial charge in [-0.25, -0.2) is 9.59 Å². The van der Waals surface area contributed by atoms with Gasteiger partial charge in [-0.1, -0.05) is 35.0 Å². The number of nitrogens with zero attached hydrogens (tertiary/aromatic N) is 1. The van der Waals surface area contributed by atoms with Crippen molar-refractivity contribution >= 4 is 33.8 Å². The zero-order valence-corrected chi connectivity index (χ0v) is 17.7. The van der Waals surface area contributed by atoms with Crippen LogP contribution in [0.5, 0.6) is 0 Å². The predicted molar refractivity (Wildman–Crippen MR) is 105 cm³/mol. The van der Waals surface area contributed by atoms with Crippen LogP contribution in [-0.4, -0.2) is 47.5 Å². The van der Waals surface area contributed by atoms with Gasteiger partial charge in [0.05, 0.1) is 0 Å². The van der Waals surface area contributed by atoms with Crippen LogP contribution in [0, 0.1) is 5.92 Å². The van der Waals surface area contributed by atoms with Gasteiger partial charge >= 0.3 is 12.1 Å². The first kappa shape index (κ1) is 21.4. The lowest BCUT2D eigenvalue weighted by atomic mass is 9.94. The third kappa shape index (κ3) is 6.34. The molecule has 1 aromatic rings. The van der Waals surface area contributed by atoms with E-state index in [0.717, 1.165) is 10.9 Å². The second-order valence-corrected chi connectivity index (χ2v) is 8.78. The van der Waals surface area contributed by atoms with Gasteiger partial charge in [0.15, 0.2) is 12.4 Å². The first-order valence-electron chi connectivity index (χ1n) is 9.02. The van der Waals surface area contributed by atoms with Crippen molar-refractivity contribution < 1.29 is 23.9 Å². The maximum absolute atomic E-state index is 12.5. The van der Waals surface area contributed by atoms with Gasteiger partial charge in [0.2, 0.25) is 0 Å². The number of esters is 1. The minimum absolute atomic E-state index is 0.269. The molecule has 7 heteroatoms. The van der Waals surface area contributed by atoms with E-state index >= 15 is 0 Å². The van der Waals surface area contributed by atoms with E-state index < -0.39 is 23.7 Å². The van der Waals surface area contributed by atoms with E-state index in [4.69, 9.17) is 9.47 Å². The number of halogens is 1. The molecule has 1 heterocycles. The molecule has 0 radical (unpaired) electrons. The number of piperidine rings is 1. The summed E-state index contributed by atoms with van der Waals surface area (Å²) in [4.78, 5) is 38.7. The molecule has 148 valence electrons. The summed E-state index contributed by atoms with van der Waals surface area (Å²) < 4.78 is 11.5. The van der Waals surface area contributed by atoms with Gasteiger partial charge in [0.25, 0.3) is 0 Å². The maximum atomic E-state index is 12.5. The molecule has 1 aromatic carbocycles. The minimum atomic E-state index is -0.728. The second-order valence-electron chi connectivity index (χ2n) is 7.87. The van der Waals surface area contributed by atoms with Crippen LogP contribution in [0.25, 0.3) is 0 Å². The molecule has 0 aliphatic carbocycles. The molecule has 0 bridgehead atoms. The van der Waals surface area contributed by atoms with Gasteiger partial charge in [-0.2, -0.15) is 0 Å². The molecular weight excluding hydrogens is 414 g/mol. The number of hydrogen-bond donors (Lipinski definition) is 0. The van der Waals surface area contributed by atoms with Crippen molar-refractivity contribution in [2.75, 3.05) is 13.2 Å². The Kier molecular flexibility index (Phi) is 7.03. The Morgan fingerprint density at radius 3 is 2.37 bits per heavy atom. The third-order valence-electron chi connectivity index (χ3n) is 4.23. The standard InChI is InChI=1S/C20H26BrNO5/c1-13-5-10-16(22(11-13)19(25)27-20(2,3)4)18(24)26-12-17(23)14-6-8-15(21)9-7-14/h6-9,13,16H,5,10-12H2,1-4H3. The highest BCUT2D eigenvalue weighted by molar-refractivity contribution is 9.10. The number of carbonyl (C=O) groups is 3. The first-order chi connectivity index (χ1) is 12.6. The van der Waals surface area contributed by atoms with E-state index in [2.05, 4.69) is 15.9 Å². The van der Waals surface area contributed by atoms with E-state index in [1.165, 1.54) is 4.90 Å². The summed E-state index contributed by atoms with van der Waals surface area (Å²) in [5.41, 5.74) is -0.184. The summed E-state index contributed by atoms with van der Waals surface area (Å²) in [6.07, 6.45) is 0.765. The highest BCUT2D eigenvalue weighted by Crippen LogP contribution is 2.25. The lowest BCUT2D eigenvalue weighted by Gasteiger charge is -2.37. The quantitative estimate of drug-likeness (QED) is 0.518. The zero-order chi connectivity index (χ0) is 20.2. The third-order valence-corrected chi connectivity index (χ3v) is 4.76. The molecule has 1 fully saturated rings. The fourth-order valence-electron chi connectivity index (χ4n) is 2.87. The van der Waals surface area contributed by atoms with Gasteiger partial charge < -0.3 is 9.47 Å². The van der Waals surface area contributed by atoms with Crippen LogP contribution in [0.2, 0.25) is 0 Å². The Hall–Kier alpha value is -1.89. The Labute approximate surface area is 168 Å².